The Kier molecular flexibility index (Phi) is 5.30. The van der Waals surface area contributed by atoms with Gasteiger partial charge in [0.25, 0.3) is 0 Å². The van der Waals surface area contributed by atoms with Gasteiger partial charge in [-0.1, -0.05) is 23.8 Å². The Hall–Kier alpha value is -2.14. The first kappa shape index (κ1) is 16.7. The Balaban J connectivity index is 1.42. The summed E-state index contributed by atoms with van der Waals surface area (Å²) in [4.78, 5) is 15.1. The van der Waals surface area contributed by atoms with Crippen LogP contribution in [0.1, 0.15) is 5.56 Å². The molecule has 4 nitrogen and oxygen atoms in total. The number of hydrogen-bond acceptors (Lipinski definition) is 4. The molecule has 0 unspecified atom stereocenters. The lowest BCUT2D eigenvalue weighted by Crippen LogP contribution is -2.56. The summed E-state index contributed by atoms with van der Waals surface area (Å²) in [7, 11) is 1.64. The highest BCUT2D eigenvalue weighted by atomic mass is 32.2. The third-order valence-electron chi connectivity index (χ3n) is 3.93. The molecule has 0 radical (unpaired) electrons. The van der Waals surface area contributed by atoms with Crippen LogP contribution in [-0.2, 0) is 4.79 Å². The van der Waals surface area contributed by atoms with Gasteiger partial charge < -0.3 is 14.4 Å². The first-order chi connectivity index (χ1) is 11.6. The molecule has 1 amide bonds. The minimum absolute atomic E-state index is 0.0958. The quantitative estimate of drug-likeness (QED) is 0.754. The number of thioether (sulfide) groups is 1. The van der Waals surface area contributed by atoms with Crippen molar-refractivity contribution in [3.05, 3.63) is 54.1 Å². The van der Waals surface area contributed by atoms with Gasteiger partial charge in [-0.05, 0) is 37.3 Å². The number of carbonyl (C=O) groups excluding carboxylic acids is 1. The van der Waals surface area contributed by atoms with E-state index in [9.17, 15) is 4.79 Å². The van der Waals surface area contributed by atoms with E-state index in [0.717, 1.165) is 16.4 Å². The monoisotopic (exact) mass is 343 g/mol. The number of amides is 1. The molecule has 3 rings (SSSR count). The number of carbonyl (C=O) groups is 1. The number of rotatable bonds is 6. The van der Waals surface area contributed by atoms with Crippen molar-refractivity contribution in [2.45, 2.75) is 17.9 Å². The summed E-state index contributed by atoms with van der Waals surface area (Å²) < 4.78 is 11.1. The van der Waals surface area contributed by atoms with Gasteiger partial charge in [0, 0.05) is 4.90 Å². The molecule has 0 atom stereocenters. The summed E-state index contributed by atoms with van der Waals surface area (Å²) in [6, 6.07) is 15.8. The topological polar surface area (TPSA) is 38.8 Å². The summed E-state index contributed by atoms with van der Waals surface area (Å²) >= 11 is 1.53. The zero-order chi connectivity index (χ0) is 16.9. The molecule has 1 saturated heterocycles. The van der Waals surface area contributed by atoms with E-state index in [-0.39, 0.29) is 12.0 Å². The molecule has 5 heteroatoms. The zero-order valence-corrected chi connectivity index (χ0v) is 14.7. The first-order valence-corrected chi connectivity index (χ1v) is 8.90. The van der Waals surface area contributed by atoms with Crippen molar-refractivity contribution in [2.24, 2.45) is 0 Å². The summed E-state index contributed by atoms with van der Waals surface area (Å²) in [5, 5.41) is 0. The predicted molar refractivity (Wildman–Crippen MR) is 95.9 cm³/mol. The van der Waals surface area contributed by atoms with Gasteiger partial charge in [0.05, 0.1) is 26.0 Å². The number of methoxy groups -OCH3 is 1. The molecule has 1 heterocycles. The Morgan fingerprint density at radius 2 is 1.92 bits per heavy atom. The number of aryl methyl sites for hydroxylation is 1. The van der Waals surface area contributed by atoms with Crippen molar-refractivity contribution < 1.29 is 14.3 Å². The SMILES string of the molecule is COc1cccc(SCC(=O)N2CC(Oc3ccc(C)cc3)C2)c1. The highest BCUT2D eigenvalue weighted by molar-refractivity contribution is 8.00. The van der Waals surface area contributed by atoms with Crippen molar-refractivity contribution in [1.82, 2.24) is 4.90 Å². The van der Waals surface area contributed by atoms with Crippen LogP contribution in [0.25, 0.3) is 0 Å². The van der Waals surface area contributed by atoms with Gasteiger partial charge in [-0.2, -0.15) is 0 Å². The second-order valence-electron chi connectivity index (χ2n) is 5.82. The number of benzene rings is 2. The number of hydrogen-bond donors (Lipinski definition) is 0. The third-order valence-corrected chi connectivity index (χ3v) is 4.91. The summed E-state index contributed by atoms with van der Waals surface area (Å²) in [6.07, 6.45) is 0.0958. The molecule has 126 valence electrons. The largest absolute Gasteiger partial charge is 0.497 e. The van der Waals surface area contributed by atoms with Crippen LogP contribution in [0.3, 0.4) is 0 Å². The molecule has 1 fully saturated rings. The van der Waals surface area contributed by atoms with E-state index in [2.05, 4.69) is 0 Å². The third kappa shape index (κ3) is 4.23. The molecule has 2 aromatic rings. The van der Waals surface area contributed by atoms with Gasteiger partial charge in [-0.15, -0.1) is 11.8 Å². The van der Waals surface area contributed by atoms with E-state index >= 15 is 0 Å². The normalized spacial score (nSPS) is 14.2. The van der Waals surface area contributed by atoms with E-state index in [4.69, 9.17) is 9.47 Å². The average molecular weight is 343 g/mol. The van der Waals surface area contributed by atoms with Gasteiger partial charge in [0.2, 0.25) is 5.91 Å². The van der Waals surface area contributed by atoms with Gasteiger partial charge >= 0.3 is 0 Å². The maximum atomic E-state index is 12.2. The fourth-order valence-electron chi connectivity index (χ4n) is 2.45. The van der Waals surface area contributed by atoms with Crippen LogP contribution in [-0.4, -0.2) is 42.9 Å². The van der Waals surface area contributed by atoms with Crippen LogP contribution in [0.2, 0.25) is 0 Å². The molecule has 0 bridgehead atoms. The minimum Gasteiger partial charge on any atom is -0.497 e. The van der Waals surface area contributed by atoms with Crippen LogP contribution in [0, 0.1) is 6.92 Å². The molecule has 1 aliphatic heterocycles. The second kappa shape index (κ2) is 7.62. The zero-order valence-electron chi connectivity index (χ0n) is 13.9. The van der Waals surface area contributed by atoms with Crippen LogP contribution in [0.15, 0.2) is 53.4 Å². The molecule has 0 aliphatic carbocycles. The van der Waals surface area contributed by atoms with Crippen molar-refractivity contribution in [1.29, 1.82) is 0 Å². The van der Waals surface area contributed by atoms with E-state index in [0.29, 0.717) is 18.8 Å². The average Bonchev–Trinajstić information content (AvgIpc) is 2.57. The van der Waals surface area contributed by atoms with Crippen LogP contribution in [0.4, 0.5) is 0 Å². The van der Waals surface area contributed by atoms with E-state index in [1.807, 2.05) is 60.4 Å². The smallest absolute Gasteiger partial charge is 0.233 e. The molecule has 0 saturated carbocycles. The van der Waals surface area contributed by atoms with Crippen molar-refractivity contribution in [3.63, 3.8) is 0 Å². The molecule has 1 aliphatic rings. The Morgan fingerprint density at radius 3 is 2.62 bits per heavy atom. The first-order valence-electron chi connectivity index (χ1n) is 7.92. The fourth-order valence-corrected chi connectivity index (χ4v) is 3.30. The van der Waals surface area contributed by atoms with Gasteiger partial charge in [0.15, 0.2) is 0 Å². The minimum atomic E-state index is 0.0958. The van der Waals surface area contributed by atoms with E-state index < -0.39 is 0 Å². The number of likely N-dealkylation sites (tertiary alicyclic amines) is 1. The Bertz CT molecular complexity index is 696. The van der Waals surface area contributed by atoms with Crippen molar-refractivity contribution in [2.75, 3.05) is 26.0 Å². The van der Waals surface area contributed by atoms with E-state index in [1.165, 1.54) is 17.3 Å². The molecular weight excluding hydrogens is 322 g/mol. The lowest BCUT2D eigenvalue weighted by Gasteiger charge is -2.39. The van der Waals surface area contributed by atoms with Gasteiger partial charge in [-0.25, -0.2) is 0 Å². The van der Waals surface area contributed by atoms with Gasteiger partial charge in [-0.3, -0.25) is 4.79 Å². The lowest BCUT2D eigenvalue weighted by atomic mass is 10.1. The maximum Gasteiger partial charge on any atom is 0.233 e. The number of nitrogens with zero attached hydrogens (tertiary/aromatic N) is 1. The number of ether oxygens (including phenoxy) is 2. The lowest BCUT2D eigenvalue weighted by molar-refractivity contribution is -0.136. The Morgan fingerprint density at radius 1 is 1.17 bits per heavy atom. The van der Waals surface area contributed by atoms with E-state index in [1.54, 1.807) is 7.11 Å². The molecule has 24 heavy (non-hydrogen) atoms. The second-order valence-corrected chi connectivity index (χ2v) is 6.87. The van der Waals surface area contributed by atoms with Crippen LogP contribution < -0.4 is 9.47 Å². The molecular formula is C19H21NO3S. The summed E-state index contributed by atoms with van der Waals surface area (Å²) in [6.45, 7) is 3.37. The summed E-state index contributed by atoms with van der Waals surface area (Å²) in [5.74, 6) is 2.25. The van der Waals surface area contributed by atoms with Gasteiger partial charge in [0.1, 0.15) is 17.6 Å². The molecule has 2 aromatic carbocycles. The van der Waals surface area contributed by atoms with Crippen LogP contribution in [0.5, 0.6) is 11.5 Å². The fraction of sp³-hybridized carbons (Fsp3) is 0.316. The predicted octanol–water partition coefficient (Wildman–Crippen LogP) is 3.39. The molecule has 0 N–H and O–H groups in total. The van der Waals surface area contributed by atoms with Crippen LogP contribution >= 0.6 is 11.8 Å². The maximum absolute atomic E-state index is 12.2. The molecule has 0 aromatic heterocycles. The summed E-state index contributed by atoms with van der Waals surface area (Å²) in [5.41, 5.74) is 1.21. The highest BCUT2D eigenvalue weighted by Crippen LogP contribution is 2.24. The van der Waals surface area contributed by atoms with Crippen molar-refractivity contribution in [3.8, 4) is 11.5 Å². The van der Waals surface area contributed by atoms with Crippen molar-refractivity contribution >= 4 is 17.7 Å². The standard InChI is InChI=1S/C19H21NO3S/c1-14-6-8-15(9-7-14)23-17-11-20(12-17)19(21)13-24-18-5-3-4-16(10-18)22-2/h3-10,17H,11-13H2,1-2H3. The highest BCUT2D eigenvalue weighted by Gasteiger charge is 2.31. The molecule has 0 spiro atoms. The Labute approximate surface area is 146 Å².